The summed E-state index contributed by atoms with van der Waals surface area (Å²) in [4.78, 5) is 15.1. The number of hydrogen-bond donors (Lipinski definition) is 0. The van der Waals surface area contributed by atoms with Gasteiger partial charge in [-0.15, -0.1) is 0 Å². The number of rotatable bonds is 8. The highest BCUT2D eigenvalue weighted by Gasteiger charge is 2.20. The number of fused-ring (bicyclic) bond motifs is 6. The Morgan fingerprint density at radius 3 is 1.68 bits per heavy atom. The molecular weight excluding hydrogens is 829 g/mol. The second-order valence-corrected chi connectivity index (χ2v) is 17.5. The van der Waals surface area contributed by atoms with Crippen LogP contribution in [0, 0.1) is 0 Å². The summed E-state index contributed by atoms with van der Waals surface area (Å²) in [7, 11) is 0. The van der Waals surface area contributed by atoms with E-state index in [0.29, 0.717) is 17.5 Å². The molecule has 13 rings (SSSR count). The molecule has 5 nitrogen and oxygen atoms in total. The third-order valence-electron chi connectivity index (χ3n) is 13.2. The number of nitrogens with zero attached hydrogens (tertiary/aromatic N) is 4. The average Bonchev–Trinajstić information content (AvgIpc) is 3.97. The lowest BCUT2D eigenvalue weighted by Crippen LogP contribution is -2.03. The Kier molecular flexibility index (Phi) is 9.57. The van der Waals surface area contributed by atoms with Gasteiger partial charge in [0.05, 0.1) is 16.6 Å². The van der Waals surface area contributed by atoms with Gasteiger partial charge in [0.1, 0.15) is 11.2 Å². The molecule has 1 aliphatic rings. The molecule has 12 aromatic rings. The van der Waals surface area contributed by atoms with Gasteiger partial charge in [0.15, 0.2) is 17.5 Å². The molecular formula is C63H42N4O. The van der Waals surface area contributed by atoms with Crippen molar-refractivity contribution in [3.8, 4) is 73.0 Å². The number of benzene rings is 9. The Balaban J connectivity index is 0.901. The molecule has 0 atom stereocenters. The summed E-state index contributed by atoms with van der Waals surface area (Å²) < 4.78 is 9.11. The molecule has 68 heavy (non-hydrogen) atoms. The first-order valence-electron chi connectivity index (χ1n) is 23.2. The van der Waals surface area contributed by atoms with Crippen LogP contribution in [0.4, 0.5) is 0 Å². The van der Waals surface area contributed by atoms with E-state index in [1.807, 2.05) is 36.4 Å². The first kappa shape index (κ1) is 39.4. The van der Waals surface area contributed by atoms with Gasteiger partial charge < -0.3 is 8.98 Å². The van der Waals surface area contributed by atoms with Gasteiger partial charge in [-0.3, -0.25) is 0 Å². The van der Waals surface area contributed by atoms with Crippen LogP contribution in [0.15, 0.2) is 235 Å². The Morgan fingerprint density at radius 1 is 0.368 bits per heavy atom. The molecule has 0 bridgehead atoms. The smallest absolute Gasteiger partial charge is 0.167 e. The van der Waals surface area contributed by atoms with Crippen molar-refractivity contribution in [2.45, 2.75) is 12.8 Å². The SMILES string of the molecule is C1=CC(c2nc(-c3ccccc3)nc(-c3cccc4c3oc3ccc(-c5ccc6c(c5)c5ccccc5n6-c5cccc(-c6cc(-c7ccccc7)cc(-c7ccccc7)c6)c5)cc34)n2)=CCC1. The topological polar surface area (TPSA) is 56.7 Å². The molecule has 9 aromatic carbocycles. The summed E-state index contributed by atoms with van der Waals surface area (Å²) in [6, 6.07) is 75.7. The number of para-hydroxylation sites is 2. The Bertz CT molecular complexity index is 3900. The quantitative estimate of drug-likeness (QED) is 0.153. The van der Waals surface area contributed by atoms with E-state index in [4.69, 9.17) is 19.4 Å². The zero-order chi connectivity index (χ0) is 45.0. The van der Waals surface area contributed by atoms with E-state index >= 15 is 0 Å². The summed E-state index contributed by atoms with van der Waals surface area (Å²) in [5.74, 6) is 1.88. The fourth-order valence-corrected chi connectivity index (χ4v) is 9.92. The maximum Gasteiger partial charge on any atom is 0.167 e. The van der Waals surface area contributed by atoms with Gasteiger partial charge in [0, 0.05) is 38.4 Å². The standard InChI is InChI=1S/C63H42N4O/c1-5-17-41(18-6-1)48-35-49(42-19-7-2-8-20-42)37-50(36-48)45-25-15-26-51(38-45)67-57-30-14-13-27-52(57)55-39-46(31-33-58(55)67)47-32-34-59-56(40-47)53-28-16-29-54(60(53)68-59)63-65-61(43-21-9-3-10-22-43)64-62(66-63)44-23-11-4-12-24-44/h1-3,5-11,13-40H,4,12H2. The normalized spacial score (nSPS) is 12.6. The fraction of sp³-hybridized carbons (Fsp3) is 0.0317. The van der Waals surface area contributed by atoms with Crippen LogP contribution in [0.5, 0.6) is 0 Å². The molecule has 0 aliphatic heterocycles. The van der Waals surface area contributed by atoms with E-state index in [1.165, 1.54) is 38.6 Å². The number of aromatic nitrogens is 4. The Labute approximate surface area is 393 Å². The van der Waals surface area contributed by atoms with Crippen molar-refractivity contribution >= 4 is 49.3 Å². The van der Waals surface area contributed by atoms with E-state index < -0.39 is 0 Å². The first-order valence-corrected chi connectivity index (χ1v) is 23.2. The minimum atomic E-state index is 0.587. The second-order valence-electron chi connectivity index (χ2n) is 17.5. The number of hydrogen-bond acceptors (Lipinski definition) is 4. The number of furan rings is 1. The van der Waals surface area contributed by atoms with Gasteiger partial charge in [0.25, 0.3) is 0 Å². The van der Waals surface area contributed by atoms with Crippen molar-refractivity contribution in [2.75, 3.05) is 0 Å². The molecule has 0 saturated heterocycles. The van der Waals surface area contributed by atoms with Crippen LogP contribution in [0.2, 0.25) is 0 Å². The molecule has 0 N–H and O–H groups in total. The molecule has 0 spiro atoms. The molecule has 0 radical (unpaired) electrons. The third kappa shape index (κ3) is 7.00. The predicted molar refractivity (Wildman–Crippen MR) is 280 cm³/mol. The highest BCUT2D eigenvalue weighted by molar-refractivity contribution is 6.12. The molecule has 5 heteroatoms. The molecule has 0 saturated carbocycles. The molecule has 3 heterocycles. The number of allylic oxidation sites excluding steroid dienone is 4. The van der Waals surface area contributed by atoms with Gasteiger partial charge >= 0.3 is 0 Å². The zero-order valence-electron chi connectivity index (χ0n) is 37.1. The van der Waals surface area contributed by atoms with Gasteiger partial charge in [0.2, 0.25) is 0 Å². The maximum absolute atomic E-state index is 6.71. The zero-order valence-corrected chi connectivity index (χ0v) is 37.1. The Hall–Kier alpha value is -8.93. The van der Waals surface area contributed by atoms with Gasteiger partial charge in [-0.2, -0.15) is 0 Å². The van der Waals surface area contributed by atoms with Crippen molar-refractivity contribution in [1.82, 2.24) is 19.5 Å². The van der Waals surface area contributed by atoms with Crippen LogP contribution in [0.25, 0.3) is 122 Å². The van der Waals surface area contributed by atoms with Crippen molar-refractivity contribution in [1.29, 1.82) is 0 Å². The van der Waals surface area contributed by atoms with Gasteiger partial charge in [-0.25, -0.2) is 15.0 Å². The second kappa shape index (κ2) is 16.5. The van der Waals surface area contributed by atoms with Crippen LogP contribution < -0.4 is 0 Å². The van der Waals surface area contributed by atoms with Crippen molar-refractivity contribution < 1.29 is 4.42 Å². The minimum absolute atomic E-state index is 0.587. The van der Waals surface area contributed by atoms with Crippen LogP contribution in [-0.2, 0) is 0 Å². The van der Waals surface area contributed by atoms with E-state index in [1.54, 1.807) is 0 Å². The molecule has 1 aliphatic carbocycles. The van der Waals surface area contributed by atoms with Crippen LogP contribution >= 0.6 is 0 Å². The Morgan fingerprint density at radius 2 is 0.941 bits per heavy atom. The van der Waals surface area contributed by atoms with Crippen molar-refractivity contribution in [3.63, 3.8) is 0 Å². The summed E-state index contributed by atoms with van der Waals surface area (Å²) in [5, 5.41) is 4.46. The summed E-state index contributed by atoms with van der Waals surface area (Å²) in [6.45, 7) is 0. The van der Waals surface area contributed by atoms with E-state index in [2.05, 4.69) is 199 Å². The summed E-state index contributed by atoms with van der Waals surface area (Å²) in [5.41, 5.74) is 17.2. The van der Waals surface area contributed by atoms with E-state index in [9.17, 15) is 0 Å². The first-order chi connectivity index (χ1) is 33.7. The van der Waals surface area contributed by atoms with Gasteiger partial charge in [-0.1, -0.05) is 164 Å². The molecule has 0 fully saturated rings. The van der Waals surface area contributed by atoms with Crippen LogP contribution in [0.3, 0.4) is 0 Å². The largest absolute Gasteiger partial charge is 0.455 e. The lowest BCUT2D eigenvalue weighted by molar-refractivity contribution is 0.669. The molecule has 3 aromatic heterocycles. The van der Waals surface area contributed by atoms with Gasteiger partial charge in [-0.05, 0) is 124 Å². The van der Waals surface area contributed by atoms with Crippen LogP contribution in [0.1, 0.15) is 18.7 Å². The average molecular weight is 871 g/mol. The monoisotopic (exact) mass is 870 g/mol. The molecule has 0 unspecified atom stereocenters. The van der Waals surface area contributed by atoms with Crippen molar-refractivity contribution in [3.05, 3.63) is 236 Å². The lowest BCUT2D eigenvalue weighted by atomic mass is 9.93. The van der Waals surface area contributed by atoms with Crippen molar-refractivity contribution in [2.24, 2.45) is 0 Å². The van der Waals surface area contributed by atoms with E-state index in [0.717, 1.165) is 84.9 Å². The highest BCUT2D eigenvalue weighted by Crippen LogP contribution is 2.41. The summed E-state index contributed by atoms with van der Waals surface area (Å²) in [6.07, 6.45) is 8.48. The third-order valence-corrected chi connectivity index (χ3v) is 13.2. The van der Waals surface area contributed by atoms with E-state index in [-0.39, 0.29) is 0 Å². The highest BCUT2D eigenvalue weighted by atomic mass is 16.3. The molecule has 0 amide bonds. The molecule has 320 valence electrons. The maximum atomic E-state index is 6.71. The fourth-order valence-electron chi connectivity index (χ4n) is 9.92. The summed E-state index contributed by atoms with van der Waals surface area (Å²) >= 11 is 0. The lowest BCUT2D eigenvalue weighted by Gasteiger charge is -2.14. The predicted octanol–water partition coefficient (Wildman–Crippen LogP) is 16.6. The van der Waals surface area contributed by atoms with Crippen LogP contribution in [-0.4, -0.2) is 19.5 Å². The minimum Gasteiger partial charge on any atom is -0.455 e.